The van der Waals surface area contributed by atoms with E-state index in [1.807, 2.05) is 32.0 Å². The Morgan fingerprint density at radius 3 is 2.78 bits per heavy atom. The van der Waals surface area contributed by atoms with Crippen LogP contribution in [0.5, 0.6) is 0 Å². The number of thioether (sulfide) groups is 1. The Hall–Kier alpha value is -3.36. The van der Waals surface area contributed by atoms with E-state index in [-0.39, 0.29) is 17.0 Å². The molecule has 4 heterocycles. The van der Waals surface area contributed by atoms with Crippen LogP contribution in [-0.4, -0.2) is 26.4 Å². The van der Waals surface area contributed by atoms with E-state index in [1.165, 1.54) is 12.1 Å². The number of anilines is 1. The first-order chi connectivity index (χ1) is 17.4. The largest absolute Gasteiger partial charge is 0.361 e. The molecular formula is C27H22ClFN4O2S. The summed E-state index contributed by atoms with van der Waals surface area (Å²) in [6, 6.07) is 10.3. The maximum Gasteiger partial charge on any atom is 0.227 e. The van der Waals surface area contributed by atoms with E-state index < -0.39 is 5.82 Å². The number of hydrogen-bond donors (Lipinski definition) is 0. The lowest BCUT2D eigenvalue weighted by molar-refractivity contribution is -0.117. The van der Waals surface area contributed by atoms with Crippen LogP contribution < -0.4 is 4.90 Å². The third-order valence-electron chi connectivity index (χ3n) is 6.68. The van der Waals surface area contributed by atoms with Gasteiger partial charge >= 0.3 is 0 Å². The molecule has 0 aliphatic carbocycles. The van der Waals surface area contributed by atoms with E-state index in [0.29, 0.717) is 18.5 Å². The molecule has 182 valence electrons. The van der Waals surface area contributed by atoms with Crippen LogP contribution in [0, 0.1) is 19.7 Å². The fourth-order valence-corrected chi connectivity index (χ4v) is 5.80. The first-order valence-corrected chi connectivity index (χ1v) is 13.1. The van der Waals surface area contributed by atoms with Crippen molar-refractivity contribution in [3.63, 3.8) is 0 Å². The van der Waals surface area contributed by atoms with Gasteiger partial charge in [-0.2, -0.15) is 0 Å². The van der Waals surface area contributed by atoms with Crippen LogP contribution in [0.4, 0.5) is 10.1 Å². The minimum Gasteiger partial charge on any atom is -0.361 e. The number of rotatable bonds is 4. The molecule has 6 nitrogen and oxygen atoms in total. The Morgan fingerprint density at radius 1 is 1.19 bits per heavy atom. The summed E-state index contributed by atoms with van der Waals surface area (Å²) in [7, 11) is 0. The molecule has 6 rings (SSSR count). The number of carbonyl (C=O) groups is 1. The second-order valence-electron chi connectivity index (χ2n) is 8.89. The molecule has 0 radical (unpaired) electrons. The molecule has 2 aromatic carbocycles. The van der Waals surface area contributed by atoms with Crippen molar-refractivity contribution < 1.29 is 13.7 Å². The summed E-state index contributed by atoms with van der Waals surface area (Å²) in [5, 5.41) is 6.18. The lowest BCUT2D eigenvalue weighted by atomic mass is 10.0. The standard InChI is InChI=1S/C27H22ClFN4O2S/c1-15-26(16(2)35-31-15)17-3-6-23-22(13-17)30-27(33(23)18-9-11-36-12-10-18)24-7-8-25(34)32(24)19-4-5-20(28)21(29)14-19/h3-6,9-11,13-14,24H,7-8,12H2,1-2H3/t24-/m0/s1. The van der Waals surface area contributed by atoms with Crippen LogP contribution in [-0.2, 0) is 4.79 Å². The summed E-state index contributed by atoms with van der Waals surface area (Å²) in [5.74, 6) is 1.71. The number of aryl methyl sites for hydroxylation is 2. The van der Waals surface area contributed by atoms with E-state index >= 15 is 0 Å². The molecule has 36 heavy (non-hydrogen) atoms. The van der Waals surface area contributed by atoms with E-state index in [4.69, 9.17) is 21.1 Å². The number of benzene rings is 2. The maximum absolute atomic E-state index is 14.3. The van der Waals surface area contributed by atoms with Gasteiger partial charge in [0.15, 0.2) is 0 Å². The first-order valence-electron chi connectivity index (χ1n) is 11.6. The lowest BCUT2D eigenvalue weighted by Crippen LogP contribution is -2.29. The van der Waals surface area contributed by atoms with Crippen LogP contribution in [0.2, 0.25) is 5.02 Å². The van der Waals surface area contributed by atoms with Gasteiger partial charge in [0.05, 0.1) is 27.8 Å². The Morgan fingerprint density at radius 2 is 2.06 bits per heavy atom. The third kappa shape index (κ3) is 3.76. The third-order valence-corrected chi connectivity index (χ3v) is 7.67. The molecule has 4 aromatic rings. The van der Waals surface area contributed by atoms with Gasteiger partial charge in [-0.05, 0) is 73.7 Å². The van der Waals surface area contributed by atoms with Gasteiger partial charge in [0, 0.05) is 29.1 Å². The van der Waals surface area contributed by atoms with Gasteiger partial charge in [0.25, 0.3) is 0 Å². The number of fused-ring (bicyclic) bond motifs is 1. The summed E-state index contributed by atoms with van der Waals surface area (Å²) in [5.41, 5.74) is 5.95. The van der Waals surface area contributed by atoms with Crippen LogP contribution in [0.3, 0.4) is 0 Å². The number of hydrogen-bond acceptors (Lipinski definition) is 5. The predicted molar refractivity (Wildman–Crippen MR) is 141 cm³/mol. The van der Waals surface area contributed by atoms with Gasteiger partial charge in [-0.1, -0.05) is 22.8 Å². The monoisotopic (exact) mass is 520 g/mol. The predicted octanol–water partition coefficient (Wildman–Crippen LogP) is 7.07. The molecule has 1 fully saturated rings. The fourth-order valence-electron chi connectivity index (χ4n) is 5.07. The lowest BCUT2D eigenvalue weighted by Gasteiger charge is -2.26. The van der Waals surface area contributed by atoms with Crippen molar-refractivity contribution in [2.45, 2.75) is 32.7 Å². The highest BCUT2D eigenvalue weighted by Crippen LogP contribution is 2.41. The average molecular weight is 521 g/mol. The molecule has 2 aliphatic heterocycles. The number of aromatic nitrogens is 3. The van der Waals surface area contributed by atoms with Crippen LogP contribution in [0.25, 0.3) is 27.9 Å². The second kappa shape index (κ2) is 8.94. The highest BCUT2D eigenvalue weighted by atomic mass is 35.5. The van der Waals surface area contributed by atoms with Gasteiger partial charge in [-0.15, -0.1) is 11.8 Å². The summed E-state index contributed by atoms with van der Waals surface area (Å²) < 4.78 is 21.8. The molecule has 2 aromatic heterocycles. The normalized spacial score (nSPS) is 17.9. The zero-order valence-corrected chi connectivity index (χ0v) is 21.2. The van der Waals surface area contributed by atoms with E-state index in [2.05, 4.69) is 27.3 Å². The summed E-state index contributed by atoms with van der Waals surface area (Å²) in [4.78, 5) is 19.7. The van der Waals surface area contributed by atoms with Gasteiger partial charge < -0.3 is 9.42 Å². The molecule has 0 N–H and O–H groups in total. The van der Waals surface area contributed by atoms with Crippen molar-refractivity contribution in [3.05, 3.63) is 82.1 Å². The zero-order chi connectivity index (χ0) is 25.0. The number of carbonyl (C=O) groups excluding carboxylic acids is 1. The molecule has 0 bridgehead atoms. The number of amides is 1. The quantitative estimate of drug-likeness (QED) is 0.288. The second-order valence-corrected chi connectivity index (χ2v) is 10.2. The number of nitrogens with zero attached hydrogens (tertiary/aromatic N) is 4. The SMILES string of the molecule is Cc1noc(C)c1-c1ccc2c(c1)nc([C@@H]1CCC(=O)N1c1ccc(Cl)c(F)c1)n2C1=CCSC=C1. The topological polar surface area (TPSA) is 64.2 Å². The van der Waals surface area contributed by atoms with Gasteiger partial charge in [-0.25, -0.2) is 9.37 Å². The van der Waals surface area contributed by atoms with Crippen LogP contribution in [0.1, 0.15) is 36.2 Å². The number of halogens is 2. The van der Waals surface area contributed by atoms with Gasteiger partial charge in [0.1, 0.15) is 17.4 Å². The Kier molecular flexibility index (Phi) is 5.73. The molecule has 2 aliphatic rings. The van der Waals surface area contributed by atoms with E-state index in [9.17, 15) is 9.18 Å². The molecule has 0 saturated carbocycles. The van der Waals surface area contributed by atoms with E-state index in [0.717, 1.165) is 50.9 Å². The van der Waals surface area contributed by atoms with Crippen molar-refractivity contribution >= 4 is 51.7 Å². The van der Waals surface area contributed by atoms with Gasteiger partial charge in [-0.3, -0.25) is 9.36 Å². The van der Waals surface area contributed by atoms with Crippen molar-refractivity contribution in [1.29, 1.82) is 0 Å². The highest BCUT2D eigenvalue weighted by molar-refractivity contribution is 8.02. The zero-order valence-electron chi connectivity index (χ0n) is 19.7. The number of allylic oxidation sites excluding steroid dienone is 2. The first kappa shape index (κ1) is 23.1. The Balaban J connectivity index is 1.54. The summed E-state index contributed by atoms with van der Waals surface area (Å²) in [6.45, 7) is 3.81. The van der Waals surface area contributed by atoms with Crippen LogP contribution in [0.15, 0.2) is 58.5 Å². The minimum absolute atomic E-state index is 0.0241. The highest BCUT2D eigenvalue weighted by Gasteiger charge is 2.37. The van der Waals surface area contributed by atoms with Gasteiger partial charge in [0.2, 0.25) is 5.91 Å². The van der Waals surface area contributed by atoms with Crippen molar-refractivity contribution in [1.82, 2.24) is 14.7 Å². The summed E-state index contributed by atoms with van der Waals surface area (Å²) >= 11 is 7.63. The number of imidazole rings is 1. The minimum atomic E-state index is -0.555. The molecule has 0 unspecified atom stereocenters. The average Bonchev–Trinajstić information content (AvgIpc) is 3.55. The van der Waals surface area contributed by atoms with Crippen molar-refractivity contribution in [2.24, 2.45) is 0 Å². The molecule has 9 heteroatoms. The molecule has 0 spiro atoms. The smallest absolute Gasteiger partial charge is 0.227 e. The Labute approximate surface area is 216 Å². The Bertz CT molecular complexity index is 1570. The fraction of sp³-hybridized carbons (Fsp3) is 0.222. The summed E-state index contributed by atoms with van der Waals surface area (Å²) in [6.07, 6.45) is 5.15. The van der Waals surface area contributed by atoms with E-state index in [1.54, 1.807) is 22.7 Å². The molecule has 1 amide bonds. The molecule has 1 atom stereocenters. The molecule has 1 saturated heterocycles. The van der Waals surface area contributed by atoms with Crippen molar-refractivity contribution in [3.8, 4) is 11.1 Å². The van der Waals surface area contributed by atoms with Crippen LogP contribution >= 0.6 is 23.4 Å². The molecular weight excluding hydrogens is 499 g/mol. The maximum atomic E-state index is 14.3. The van der Waals surface area contributed by atoms with Crippen molar-refractivity contribution in [2.75, 3.05) is 10.7 Å².